The van der Waals surface area contributed by atoms with E-state index >= 15 is 0 Å². The van der Waals surface area contributed by atoms with Crippen LogP contribution >= 0.6 is 11.8 Å². The maximum atomic E-state index is 14.0. The molecule has 127 heavy (non-hydrogen) atoms. The number of Topliss-reactive ketones (excluding diaryl/α,β-unsaturated/α-hetero) is 2. The van der Waals surface area contributed by atoms with Crippen molar-refractivity contribution in [2.75, 3.05) is 74.0 Å². The van der Waals surface area contributed by atoms with Gasteiger partial charge in [-0.05, 0) is 185 Å². The fraction of sp³-hybridized carbons (Fsp3) is 0.602. The average molecular weight is 1770 g/mol. The first-order valence-electron chi connectivity index (χ1n) is 46.1. The monoisotopic (exact) mass is 1770 g/mol. The lowest BCUT2D eigenvalue weighted by Gasteiger charge is -2.41. The molecule has 0 radical (unpaired) electrons. The molecule has 8 amide bonds. The SMILES string of the molecule is CC(C)CCN(CC(O)C(CC(=O)C(NC(=O)CN(C)C)C(C)(C)C)Cc1ccccc1)C(=O)CC(C)(C)C.CCCC(=O)NC(C(=O)CC(Cc1ccccc1)C(O)CN(CCC(C)C)C(=O)N(C)C(C)(C)C)C(C)(C)C.CNC(=O)C1CC(SCc2cccnc2)CCN1CC(C)C(Cc1ccccc1)NC(=O)[C@@H](NC(=O)c1ccc2ccccc2n1)C(C)C. The van der Waals surface area contributed by atoms with Gasteiger partial charge in [0, 0.05) is 113 Å². The van der Waals surface area contributed by atoms with Crippen LogP contribution in [0.1, 0.15) is 229 Å². The summed E-state index contributed by atoms with van der Waals surface area (Å²) in [5, 5.41) is 39.5. The van der Waals surface area contributed by atoms with Crippen LogP contribution < -0.4 is 26.6 Å². The summed E-state index contributed by atoms with van der Waals surface area (Å²) in [5.41, 5.74) is 3.83. The molecule has 4 aromatic carbocycles. The molecule has 702 valence electrons. The number of aromatic nitrogens is 2. The molecule has 6 aromatic rings. The highest BCUT2D eigenvalue weighted by Crippen LogP contribution is 2.34. The van der Waals surface area contributed by atoms with Gasteiger partial charge in [0.25, 0.3) is 5.91 Å². The number of thioether (sulfide) groups is 1. The van der Waals surface area contributed by atoms with Crippen LogP contribution in [0.25, 0.3) is 10.9 Å². The summed E-state index contributed by atoms with van der Waals surface area (Å²) in [6.45, 7) is 43.2. The van der Waals surface area contributed by atoms with Crippen molar-refractivity contribution in [3.63, 3.8) is 0 Å². The number of amides is 8. The van der Waals surface area contributed by atoms with Crippen molar-refractivity contribution in [2.45, 2.75) is 274 Å². The van der Waals surface area contributed by atoms with E-state index < -0.39 is 53.0 Å². The Morgan fingerprint density at radius 2 is 1.08 bits per heavy atom. The third-order valence-electron chi connectivity index (χ3n) is 23.3. The van der Waals surface area contributed by atoms with E-state index in [4.69, 9.17) is 0 Å². The van der Waals surface area contributed by atoms with Crippen LogP contribution in [0, 0.1) is 51.8 Å². The molecule has 23 nitrogen and oxygen atoms in total. The summed E-state index contributed by atoms with van der Waals surface area (Å²) in [6.07, 6.45) is 8.57. The second-order valence-electron chi connectivity index (χ2n) is 40.8. The molecular weight excluding hydrogens is 1610 g/mol. The summed E-state index contributed by atoms with van der Waals surface area (Å²) >= 11 is 1.89. The Morgan fingerprint density at radius 1 is 0.583 bits per heavy atom. The van der Waals surface area contributed by atoms with Gasteiger partial charge in [-0.3, -0.25) is 48.2 Å². The largest absolute Gasteiger partial charge is 0.391 e. The maximum absolute atomic E-state index is 14.0. The number of likely N-dealkylation sites (N-methyl/N-ethyl adjacent to an activating group) is 2. The molecule has 10 unspecified atom stereocenters. The Labute approximate surface area is 765 Å². The molecular formula is C103H158N12O11S. The van der Waals surface area contributed by atoms with Crippen LogP contribution in [0.4, 0.5) is 4.79 Å². The van der Waals surface area contributed by atoms with E-state index in [9.17, 15) is 53.4 Å². The highest BCUT2D eigenvalue weighted by Gasteiger charge is 2.41. The number of hydrogen-bond donors (Lipinski definition) is 7. The number of rotatable bonds is 43. The smallest absolute Gasteiger partial charge is 0.320 e. The maximum Gasteiger partial charge on any atom is 0.320 e. The van der Waals surface area contributed by atoms with Crippen molar-refractivity contribution < 1.29 is 53.4 Å². The van der Waals surface area contributed by atoms with Crippen LogP contribution in [0.3, 0.4) is 0 Å². The van der Waals surface area contributed by atoms with Gasteiger partial charge in [0.05, 0.1) is 42.4 Å². The van der Waals surface area contributed by atoms with Crippen LogP contribution in [0.15, 0.2) is 152 Å². The van der Waals surface area contributed by atoms with Crippen LogP contribution in [-0.4, -0.2) is 225 Å². The van der Waals surface area contributed by atoms with Crippen LogP contribution in [-0.2, 0) is 58.6 Å². The van der Waals surface area contributed by atoms with Gasteiger partial charge in [-0.1, -0.05) is 239 Å². The van der Waals surface area contributed by atoms with Crippen molar-refractivity contribution in [2.24, 2.45) is 51.8 Å². The van der Waals surface area contributed by atoms with E-state index in [-0.39, 0.29) is 126 Å². The number of likely N-dealkylation sites (tertiary alicyclic amines) is 1. The number of aliphatic hydroxyl groups is 2. The van der Waals surface area contributed by atoms with Gasteiger partial charge in [-0.2, -0.15) is 11.8 Å². The number of carbonyl (C=O) groups is 9. The summed E-state index contributed by atoms with van der Waals surface area (Å²) in [5.74, 6) is -0.388. The second-order valence-corrected chi connectivity index (χ2v) is 42.1. The minimum absolute atomic E-state index is 0.0153. The summed E-state index contributed by atoms with van der Waals surface area (Å²) in [7, 11) is 7.11. The van der Waals surface area contributed by atoms with Crippen molar-refractivity contribution >= 4 is 75.7 Å². The number of carbonyl (C=O) groups excluding carboxylic acids is 9. The van der Waals surface area contributed by atoms with E-state index in [2.05, 4.69) is 94.3 Å². The fourth-order valence-electron chi connectivity index (χ4n) is 15.5. The standard InChI is InChI=1S/C39H48N6O3S.2C32H55N3O4/c1-26(2)36(44-37(46)33-17-16-30-14-8-9-15-32(30)42-33)39(48)43-34(21-28-11-6-5-7-12-28)27(3)24-45-20-18-31(22-35(45)38(47)40-4)49-25-29-13-10-19-41-23-29;1-23(2)16-17-35(29(39)20-31(3,4)5)21-27(37)25(18-24-14-12-11-13-15-24)19-26(36)30(32(6,7)8)33-28(38)22-34(9)10;1-11-15-28(38)33-29(31(4,5)6)26(36)21-25(20-24-16-13-12-14-17-24)27(37)22-35(19-18-23(2)3)30(39)34(10)32(7,8)9/h5-17,19,23,26-27,31,34-36H,18,20-22,24-25H2,1-4H3,(H,40,47)(H,43,48)(H,44,46);11-15,23,25,27,30,37H,16-22H2,1-10H3,(H,33,38);12-14,16-17,23,25,27,29,37H,11,15,18-22H2,1-10H3,(H,33,38)/t27?,31?,34?,35?,36-;;/m0../s1. The van der Waals surface area contributed by atoms with E-state index in [0.717, 1.165) is 65.6 Å². The minimum atomic E-state index is -0.911. The molecule has 0 spiro atoms. The predicted octanol–water partition coefficient (Wildman–Crippen LogP) is 15.5. The Balaban J connectivity index is 0.000000342. The van der Waals surface area contributed by atoms with Gasteiger partial charge in [0.1, 0.15) is 11.7 Å². The lowest BCUT2D eigenvalue weighted by Crippen LogP contribution is -2.57. The molecule has 1 aliphatic rings. The molecule has 0 bridgehead atoms. The first-order chi connectivity index (χ1) is 59.6. The summed E-state index contributed by atoms with van der Waals surface area (Å²) in [4.78, 5) is 138. The van der Waals surface area contributed by atoms with Gasteiger partial charge >= 0.3 is 6.03 Å². The van der Waals surface area contributed by atoms with Gasteiger partial charge in [0.2, 0.25) is 29.5 Å². The molecule has 1 saturated heterocycles. The zero-order chi connectivity index (χ0) is 94.7. The number of hydrogen-bond acceptors (Lipinski definition) is 16. The summed E-state index contributed by atoms with van der Waals surface area (Å²) in [6, 6.07) is 42.3. The highest BCUT2D eigenvalue weighted by atomic mass is 32.2. The Kier molecular flexibility index (Phi) is 45.0. The molecule has 0 aliphatic carbocycles. The first-order valence-corrected chi connectivity index (χ1v) is 47.1. The Hall–Kier alpha value is -8.94. The third kappa shape index (κ3) is 39.1. The summed E-state index contributed by atoms with van der Waals surface area (Å²) < 4.78 is 0. The van der Waals surface area contributed by atoms with Gasteiger partial charge in [-0.25, -0.2) is 9.78 Å². The zero-order valence-corrected chi connectivity index (χ0v) is 82.1. The quantitative estimate of drug-likeness (QED) is 0.0187. The number of aliphatic hydroxyl groups excluding tert-OH is 2. The lowest BCUT2D eigenvalue weighted by atomic mass is 9.79. The topological polar surface area (TPSA) is 296 Å². The number of fused-ring (bicyclic) bond motifs is 1. The predicted molar refractivity (Wildman–Crippen MR) is 516 cm³/mol. The van der Waals surface area contributed by atoms with Crippen LogP contribution in [0.5, 0.6) is 0 Å². The number of pyridine rings is 2. The fourth-order valence-corrected chi connectivity index (χ4v) is 16.7. The number of ketones is 2. The van der Waals surface area contributed by atoms with Crippen molar-refractivity contribution in [1.29, 1.82) is 0 Å². The Bertz CT molecular complexity index is 4340. The van der Waals surface area contributed by atoms with Crippen molar-refractivity contribution in [3.05, 3.63) is 180 Å². The first kappa shape index (κ1) is 109. The number of urea groups is 1. The molecule has 1 aliphatic heterocycles. The molecule has 7 rings (SSSR count). The van der Waals surface area contributed by atoms with Gasteiger partial charge < -0.3 is 56.4 Å². The number of piperidine rings is 1. The highest BCUT2D eigenvalue weighted by molar-refractivity contribution is 7.99. The molecule has 2 aromatic heterocycles. The van der Waals surface area contributed by atoms with E-state index in [1.165, 1.54) is 5.56 Å². The van der Waals surface area contributed by atoms with Crippen molar-refractivity contribution in [1.82, 2.24) is 61.1 Å². The number of nitrogens with one attached hydrogen (secondary N) is 5. The molecule has 1 fully saturated rings. The van der Waals surface area contributed by atoms with Crippen LogP contribution in [0.2, 0.25) is 0 Å². The number of benzene rings is 4. The van der Waals surface area contributed by atoms with E-state index in [1.54, 1.807) is 46.0 Å². The number of para-hydroxylation sites is 1. The minimum Gasteiger partial charge on any atom is -0.391 e. The van der Waals surface area contributed by atoms with Gasteiger partial charge in [-0.15, -0.1) is 0 Å². The molecule has 0 saturated carbocycles. The number of nitrogens with zero attached hydrogens (tertiary/aromatic N) is 7. The molecule has 7 N–H and O–H groups in total. The molecule has 24 heteroatoms. The third-order valence-corrected chi connectivity index (χ3v) is 24.7. The van der Waals surface area contributed by atoms with Crippen molar-refractivity contribution in [3.8, 4) is 0 Å². The zero-order valence-electron chi connectivity index (χ0n) is 81.3. The normalized spacial score (nSPS) is 16.0. The molecule has 3 heterocycles. The molecule has 11 atom stereocenters. The van der Waals surface area contributed by atoms with E-state index in [1.807, 2.05) is 251 Å². The lowest BCUT2D eigenvalue weighted by molar-refractivity contribution is -0.136. The Morgan fingerprint density at radius 3 is 1.55 bits per heavy atom. The average Bonchev–Trinajstić information content (AvgIpc) is 0.831. The van der Waals surface area contributed by atoms with Gasteiger partial charge in [0.15, 0.2) is 11.6 Å². The van der Waals surface area contributed by atoms with E-state index in [0.29, 0.717) is 75.2 Å². The second kappa shape index (κ2) is 52.6.